The molecule has 0 saturated carbocycles. The summed E-state index contributed by atoms with van der Waals surface area (Å²) >= 11 is 0. The summed E-state index contributed by atoms with van der Waals surface area (Å²) in [5.41, 5.74) is 1.21. The molecular formula is C14H16N2O4. The molecular weight excluding hydrogens is 260 g/mol. The van der Waals surface area contributed by atoms with Crippen LogP contribution in [0.5, 0.6) is 0 Å². The van der Waals surface area contributed by atoms with E-state index in [2.05, 4.69) is 0 Å². The maximum absolute atomic E-state index is 12.0. The number of carbonyl (C=O) groups excluding carboxylic acids is 1. The maximum atomic E-state index is 12.0. The molecule has 0 spiro atoms. The van der Waals surface area contributed by atoms with Crippen molar-refractivity contribution in [3.63, 3.8) is 0 Å². The Morgan fingerprint density at radius 3 is 2.65 bits per heavy atom. The van der Waals surface area contributed by atoms with E-state index in [0.717, 1.165) is 5.52 Å². The van der Waals surface area contributed by atoms with Gasteiger partial charge in [0.15, 0.2) is 0 Å². The van der Waals surface area contributed by atoms with E-state index in [1.807, 2.05) is 18.4 Å². The molecule has 0 atom stereocenters. The van der Waals surface area contributed by atoms with Crippen LogP contribution in [0.25, 0.3) is 10.9 Å². The number of nitro groups is 1. The molecule has 1 heterocycles. The highest BCUT2D eigenvalue weighted by Gasteiger charge is 2.20. The molecule has 0 unspecified atom stereocenters. The summed E-state index contributed by atoms with van der Waals surface area (Å²) in [7, 11) is 0. The fourth-order valence-electron chi connectivity index (χ4n) is 2.26. The zero-order chi connectivity index (χ0) is 14.9. The number of fused-ring (bicyclic) bond motifs is 1. The van der Waals surface area contributed by atoms with E-state index in [1.54, 1.807) is 19.1 Å². The van der Waals surface area contributed by atoms with Crippen LogP contribution in [0.3, 0.4) is 0 Å². The number of nitro benzene ring substituents is 1. The first-order chi connectivity index (χ1) is 9.45. The highest BCUT2D eigenvalue weighted by atomic mass is 16.6. The summed E-state index contributed by atoms with van der Waals surface area (Å²) < 4.78 is 6.86. The predicted octanol–water partition coefficient (Wildman–Crippen LogP) is 3.31. The van der Waals surface area contributed by atoms with E-state index in [1.165, 1.54) is 12.1 Å². The number of aromatic nitrogens is 1. The van der Waals surface area contributed by atoms with Gasteiger partial charge in [-0.2, -0.15) is 0 Å². The molecule has 1 aromatic heterocycles. The number of non-ortho nitro benzene ring substituents is 1. The molecule has 0 amide bonds. The van der Waals surface area contributed by atoms with Crippen molar-refractivity contribution in [3.05, 3.63) is 40.1 Å². The van der Waals surface area contributed by atoms with Crippen LogP contribution in [-0.2, 0) is 4.74 Å². The van der Waals surface area contributed by atoms with Crippen LogP contribution in [0, 0.1) is 10.1 Å². The number of ether oxygens (including phenoxy) is 1. The van der Waals surface area contributed by atoms with Gasteiger partial charge in [0, 0.05) is 29.1 Å². The Morgan fingerprint density at radius 1 is 1.40 bits per heavy atom. The highest BCUT2D eigenvalue weighted by molar-refractivity contribution is 5.96. The lowest BCUT2D eigenvalue weighted by Crippen LogP contribution is -2.13. The SMILES string of the molecule is CCOC(=O)c1cc2cc([N+](=O)[O-])ccc2n1C(C)C. The number of rotatable bonds is 4. The normalized spacial score (nSPS) is 11.0. The summed E-state index contributed by atoms with van der Waals surface area (Å²) in [4.78, 5) is 22.3. The molecule has 0 radical (unpaired) electrons. The third-order valence-corrected chi connectivity index (χ3v) is 3.03. The van der Waals surface area contributed by atoms with Crippen molar-refractivity contribution in [2.24, 2.45) is 0 Å². The van der Waals surface area contributed by atoms with Crippen molar-refractivity contribution >= 4 is 22.6 Å². The fraction of sp³-hybridized carbons (Fsp3) is 0.357. The Kier molecular flexibility index (Phi) is 3.74. The van der Waals surface area contributed by atoms with Crippen LogP contribution >= 0.6 is 0 Å². The molecule has 0 aliphatic heterocycles. The Morgan fingerprint density at radius 2 is 2.10 bits per heavy atom. The fourth-order valence-corrected chi connectivity index (χ4v) is 2.26. The number of benzene rings is 1. The lowest BCUT2D eigenvalue weighted by molar-refractivity contribution is -0.384. The zero-order valence-electron chi connectivity index (χ0n) is 11.6. The van der Waals surface area contributed by atoms with E-state index in [-0.39, 0.29) is 11.7 Å². The van der Waals surface area contributed by atoms with Gasteiger partial charge in [-0.05, 0) is 32.9 Å². The summed E-state index contributed by atoms with van der Waals surface area (Å²) in [6, 6.07) is 6.26. The van der Waals surface area contributed by atoms with E-state index < -0.39 is 10.9 Å². The zero-order valence-corrected chi connectivity index (χ0v) is 11.6. The van der Waals surface area contributed by atoms with Gasteiger partial charge in [0.1, 0.15) is 5.69 Å². The number of nitrogens with zero attached hydrogens (tertiary/aromatic N) is 2. The van der Waals surface area contributed by atoms with Crippen LogP contribution in [0.4, 0.5) is 5.69 Å². The van der Waals surface area contributed by atoms with Crippen LogP contribution in [0.1, 0.15) is 37.3 Å². The molecule has 1 aromatic carbocycles. The van der Waals surface area contributed by atoms with Gasteiger partial charge in [-0.3, -0.25) is 10.1 Å². The number of esters is 1. The van der Waals surface area contributed by atoms with Gasteiger partial charge in [0.2, 0.25) is 0 Å². The molecule has 2 aromatic rings. The van der Waals surface area contributed by atoms with Crippen molar-refractivity contribution in [1.29, 1.82) is 0 Å². The van der Waals surface area contributed by atoms with Crippen LogP contribution in [-0.4, -0.2) is 22.1 Å². The molecule has 0 bridgehead atoms. The van der Waals surface area contributed by atoms with E-state index >= 15 is 0 Å². The summed E-state index contributed by atoms with van der Waals surface area (Å²) in [6.07, 6.45) is 0. The molecule has 2 rings (SSSR count). The predicted molar refractivity (Wildman–Crippen MR) is 74.9 cm³/mol. The van der Waals surface area contributed by atoms with Gasteiger partial charge in [-0.25, -0.2) is 4.79 Å². The average Bonchev–Trinajstić information content (AvgIpc) is 2.77. The van der Waals surface area contributed by atoms with Crippen molar-refractivity contribution in [2.75, 3.05) is 6.61 Å². The van der Waals surface area contributed by atoms with Crippen molar-refractivity contribution in [3.8, 4) is 0 Å². The second-order valence-corrected chi connectivity index (χ2v) is 4.71. The van der Waals surface area contributed by atoms with E-state index in [0.29, 0.717) is 17.7 Å². The molecule has 20 heavy (non-hydrogen) atoms. The minimum atomic E-state index is -0.448. The summed E-state index contributed by atoms with van der Waals surface area (Å²) in [5.74, 6) is -0.417. The van der Waals surface area contributed by atoms with Crippen molar-refractivity contribution in [2.45, 2.75) is 26.8 Å². The first kappa shape index (κ1) is 14.0. The molecule has 106 valence electrons. The number of hydrogen-bond donors (Lipinski definition) is 0. The Balaban J connectivity index is 2.65. The first-order valence-corrected chi connectivity index (χ1v) is 6.42. The van der Waals surface area contributed by atoms with E-state index in [4.69, 9.17) is 4.74 Å². The lowest BCUT2D eigenvalue weighted by atomic mass is 10.2. The van der Waals surface area contributed by atoms with Gasteiger partial charge in [-0.15, -0.1) is 0 Å². The molecule has 0 saturated heterocycles. The lowest BCUT2D eigenvalue weighted by Gasteiger charge is -2.13. The second-order valence-electron chi connectivity index (χ2n) is 4.71. The topological polar surface area (TPSA) is 74.4 Å². The third-order valence-electron chi connectivity index (χ3n) is 3.03. The largest absolute Gasteiger partial charge is 0.461 e. The molecule has 0 fully saturated rings. The van der Waals surface area contributed by atoms with Crippen molar-refractivity contribution < 1.29 is 14.5 Å². The van der Waals surface area contributed by atoms with Crippen LogP contribution < -0.4 is 0 Å². The van der Waals surface area contributed by atoms with E-state index in [9.17, 15) is 14.9 Å². The third kappa shape index (κ3) is 2.36. The Labute approximate surface area is 116 Å². The molecule has 6 heteroatoms. The van der Waals surface area contributed by atoms with Gasteiger partial charge in [0.25, 0.3) is 5.69 Å². The monoisotopic (exact) mass is 276 g/mol. The molecule has 6 nitrogen and oxygen atoms in total. The molecule has 0 aliphatic carbocycles. The van der Waals surface area contributed by atoms with Gasteiger partial charge < -0.3 is 9.30 Å². The average molecular weight is 276 g/mol. The standard InChI is InChI=1S/C14H16N2O4/c1-4-20-14(17)13-8-10-7-11(16(18)19)5-6-12(10)15(13)9(2)3/h5-9H,4H2,1-3H3. The van der Waals surface area contributed by atoms with Gasteiger partial charge >= 0.3 is 5.97 Å². The minimum Gasteiger partial charge on any atom is -0.461 e. The summed E-state index contributed by atoms with van der Waals surface area (Å²) in [5, 5.41) is 11.5. The van der Waals surface area contributed by atoms with Gasteiger partial charge in [-0.1, -0.05) is 0 Å². The number of hydrogen-bond acceptors (Lipinski definition) is 4. The number of carbonyl (C=O) groups is 1. The van der Waals surface area contributed by atoms with Crippen LogP contribution in [0.2, 0.25) is 0 Å². The van der Waals surface area contributed by atoms with Crippen molar-refractivity contribution in [1.82, 2.24) is 4.57 Å². The molecule has 0 aliphatic rings. The minimum absolute atomic E-state index is 0.00816. The van der Waals surface area contributed by atoms with Gasteiger partial charge in [0.05, 0.1) is 11.5 Å². The summed E-state index contributed by atoms with van der Waals surface area (Å²) in [6.45, 7) is 5.93. The molecule has 0 N–H and O–H groups in total. The van der Waals surface area contributed by atoms with Crippen LogP contribution in [0.15, 0.2) is 24.3 Å². The smallest absolute Gasteiger partial charge is 0.354 e. The Bertz CT molecular complexity index is 673. The Hall–Kier alpha value is -2.37. The second kappa shape index (κ2) is 5.32. The highest BCUT2D eigenvalue weighted by Crippen LogP contribution is 2.28. The quantitative estimate of drug-likeness (QED) is 0.488. The first-order valence-electron chi connectivity index (χ1n) is 6.42. The maximum Gasteiger partial charge on any atom is 0.354 e.